The number of para-hydroxylation sites is 3. The highest BCUT2D eigenvalue weighted by molar-refractivity contribution is 6.09. The lowest BCUT2D eigenvalue weighted by Crippen LogP contribution is -2.19. The molecule has 2 heteroatoms. The van der Waals surface area contributed by atoms with Gasteiger partial charge in [-0.15, -0.1) is 0 Å². The van der Waals surface area contributed by atoms with Crippen LogP contribution in [0.2, 0.25) is 0 Å². The van der Waals surface area contributed by atoms with Crippen LogP contribution in [0.25, 0.3) is 66.4 Å². The van der Waals surface area contributed by atoms with Crippen molar-refractivity contribution < 1.29 is 0 Å². The summed E-state index contributed by atoms with van der Waals surface area (Å²) in [7, 11) is 0. The standard InChI is InChI=1S/C60H48N2/c1-59(2)51-24-12-8-20-46(51)47-35-33-42(37-53(47)59)61(55-26-13-9-19-44(55)39-17-6-5-7-18-39)43-34-36-50-54(38-43)60(3,4)52-25-16-23-45(58(50)52)40-29-31-41(32-30-40)62-56-27-14-10-21-48(56)49-22-11-15-28-57(49)62/h5-7,9-19,21-38H,8,20H2,1-4H3. The molecule has 298 valence electrons. The molecule has 0 saturated carbocycles. The monoisotopic (exact) mass is 796 g/mol. The zero-order valence-corrected chi connectivity index (χ0v) is 35.8. The summed E-state index contributed by atoms with van der Waals surface area (Å²) < 4.78 is 2.40. The van der Waals surface area contributed by atoms with Crippen LogP contribution < -0.4 is 4.90 Å². The Morgan fingerprint density at radius 3 is 1.79 bits per heavy atom. The molecule has 12 rings (SSSR count). The topological polar surface area (TPSA) is 8.17 Å². The molecule has 0 saturated heterocycles. The highest BCUT2D eigenvalue weighted by Crippen LogP contribution is 2.55. The lowest BCUT2D eigenvalue weighted by Gasteiger charge is -2.31. The fourth-order valence-electron chi connectivity index (χ4n) is 11.2. The summed E-state index contributed by atoms with van der Waals surface area (Å²) >= 11 is 0. The zero-order valence-electron chi connectivity index (χ0n) is 35.8. The molecule has 2 nitrogen and oxygen atoms in total. The fraction of sp³-hybridized carbons (Fsp3) is 0.133. The maximum atomic E-state index is 2.51. The molecule has 3 aliphatic rings. The van der Waals surface area contributed by atoms with E-state index in [0.29, 0.717) is 0 Å². The molecular weight excluding hydrogens is 749 g/mol. The second-order valence-electron chi connectivity index (χ2n) is 18.4. The summed E-state index contributed by atoms with van der Waals surface area (Å²) in [6.07, 6.45) is 6.95. The average molecular weight is 797 g/mol. The molecule has 0 amide bonds. The number of hydrogen-bond acceptors (Lipinski definition) is 1. The molecule has 1 aromatic heterocycles. The maximum Gasteiger partial charge on any atom is 0.0541 e. The van der Waals surface area contributed by atoms with Gasteiger partial charge in [0.1, 0.15) is 0 Å². The van der Waals surface area contributed by atoms with Crippen LogP contribution >= 0.6 is 0 Å². The van der Waals surface area contributed by atoms with Gasteiger partial charge in [0.05, 0.1) is 16.7 Å². The number of benzene rings is 8. The predicted molar refractivity (Wildman–Crippen MR) is 262 cm³/mol. The molecule has 1 heterocycles. The molecule has 62 heavy (non-hydrogen) atoms. The molecule has 0 radical (unpaired) electrons. The van der Waals surface area contributed by atoms with Crippen LogP contribution in [-0.4, -0.2) is 4.57 Å². The Hall–Kier alpha value is -7.16. The molecule has 0 unspecified atom stereocenters. The van der Waals surface area contributed by atoms with Crippen LogP contribution in [0.5, 0.6) is 0 Å². The largest absolute Gasteiger partial charge is 0.310 e. The molecule has 8 aromatic carbocycles. The lowest BCUT2D eigenvalue weighted by atomic mass is 9.80. The van der Waals surface area contributed by atoms with E-state index < -0.39 is 0 Å². The predicted octanol–water partition coefficient (Wildman–Crippen LogP) is 16.3. The van der Waals surface area contributed by atoms with Gasteiger partial charge in [0.15, 0.2) is 0 Å². The third-order valence-corrected chi connectivity index (χ3v) is 14.3. The molecule has 0 N–H and O–H groups in total. The first-order valence-corrected chi connectivity index (χ1v) is 22.2. The minimum absolute atomic E-state index is 0.0676. The smallest absolute Gasteiger partial charge is 0.0541 e. The van der Waals surface area contributed by atoms with E-state index in [9.17, 15) is 0 Å². The Morgan fingerprint density at radius 1 is 0.468 bits per heavy atom. The van der Waals surface area contributed by atoms with Crippen LogP contribution in [0.4, 0.5) is 17.1 Å². The van der Waals surface area contributed by atoms with Crippen molar-refractivity contribution in [2.45, 2.75) is 51.4 Å². The van der Waals surface area contributed by atoms with E-state index in [1.807, 2.05) is 0 Å². The van der Waals surface area contributed by atoms with Crippen molar-refractivity contribution in [2.75, 3.05) is 4.90 Å². The summed E-state index contributed by atoms with van der Waals surface area (Å²) in [6.45, 7) is 9.61. The van der Waals surface area contributed by atoms with Gasteiger partial charge in [0.25, 0.3) is 0 Å². The van der Waals surface area contributed by atoms with Gasteiger partial charge in [-0.1, -0.05) is 167 Å². The van der Waals surface area contributed by atoms with Gasteiger partial charge in [-0.25, -0.2) is 0 Å². The average Bonchev–Trinajstić information content (AvgIpc) is 3.86. The number of aromatic nitrogens is 1. The molecule has 0 atom stereocenters. The van der Waals surface area contributed by atoms with Gasteiger partial charge in [-0.3, -0.25) is 0 Å². The quantitative estimate of drug-likeness (QED) is 0.163. The number of rotatable bonds is 6. The van der Waals surface area contributed by atoms with E-state index in [2.05, 4.69) is 231 Å². The zero-order chi connectivity index (χ0) is 41.7. The Balaban J connectivity index is 0.994. The Bertz CT molecular complexity index is 3280. The van der Waals surface area contributed by atoms with Gasteiger partial charge in [0.2, 0.25) is 0 Å². The number of hydrogen-bond donors (Lipinski definition) is 0. The van der Waals surface area contributed by atoms with Crippen LogP contribution in [0, 0.1) is 0 Å². The first kappa shape index (κ1) is 36.7. The summed E-state index contributed by atoms with van der Waals surface area (Å²) in [5.74, 6) is 0. The van der Waals surface area contributed by atoms with Crippen LogP contribution in [-0.2, 0) is 10.8 Å². The second-order valence-corrected chi connectivity index (χ2v) is 18.4. The van der Waals surface area contributed by atoms with Gasteiger partial charge >= 0.3 is 0 Å². The number of allylic oxidation sites excluding steroid dienone is 4. The van der Waals surface area contributed by atoms with Gasteiger partial charge in [0, 0.05) is 44.2 Å². The third-order valence-electron chi connectivity index (χ3n) is 14.3. The Kier molecular flexibility index (Phi) is 8.09. The van der Waals surface area contributed by atoms with E-state index in [1.54, 1.807) is 0 Å². The van der Waals surface area contributed by atoms with E-state index in [-0.39, 0.29) is 10.8 Å². The van der Waals surface area contributed by atoms with E-state index in [0.717, 1.165) is 12.8 Å². The van der Waals surface area contributed by atoms with Crippen LogP contribution in [0.1, 0.15) is 62.8 Å². The van der Waals surface area contributed by atoms with Gasteiger partial charge in [-0.2, -0.15) is 0 Å². The minimum atomic E-state index is -0.209. The molecule has 9 aromatic rings. The molecule has 0 spiro atoms. The van der Waals surface area contributed by atoms with E-state index in [1.165, 1.54) is 111 Å². The first-order chi connectivity index (χ1) is 30.3. The minimum Gasteiger partial charge on any atom is -0.310 e. The van der Waals surface area contributed by atoms with Gasteiger partial charge in [-0.05, 0) is 129 Å². The van der Waals surface area contributed by atoms with Crippen molar-refractivity contribution in [1.82, 2.24) is 4.57 Å². The van der Waals surface area contributed by atoms with Crippen molar-refractivity contribution in [3.8, 4) is 39.1 Å². The Morgan fingerprint density at radius 2 is 1.06 bits per heavy atom. The van der Waals surface area contributed by atoms with Crippen molar-refractivity contribution in [1.29, 1.82) is 0 Å². The molecule has 3 aliphatic carbocycles. The first-order valence-electron chi connectivity index (χ1n) is 22.2. The molecular formula is C60H48N2. The fourth-order valence-corrected chi connectivity index (χ4v) is 11.2. The molecule has 0 bridgehead atoms. The number of anilines is 3. The number of fused-ring (bicyclic) bond motifs is 8. The van der Waals surface area contributed by atoms with Gasteiger partial charge < -0.3 is 9.47 Å². The van der Waals surface area contributed by atoms with E-state index in [4.69, 9.17) is 0 Å². The summed E-state index contributed by atoms with van der Waals surface area (Å²) in [5.41, 5.74) is 23.0. The normalized spacial score (nSPS) is 15.4. The van der Waals surface area contributed by atoms with Crippen LogP contribution in [0.15, 0.2) is 200 Å². The summed E-state index contributed by atoms with van der Waals surface area (Å²) in [4.78, 5) is 2.51. The lowest BCUT2D eigenvalue weighted by molar-refractivity contribution is 0.651. The highest BCUT2D eigenvalue weighted by atomic mass is 15.1. The maximum absolute atomic E-state index is 2.51. The van der Waals surface area contributed by atoms with Crippen molar-refractivity contribution in [3.63, 3.8) is 0 Å². The highest BCUT2D eigenvalue weighted by Gasteiger charge is 2.39. The van der Waals surface area contributed by atoms with Crippen molar-refractivity contribution in [2.24, 2.45) is 0 Å². The number of nitrogens with zero attached hydrogens (tertiary/aromatic N) is 2. The summed E-state index contributed by atoms with van der Waals surface area (Å²) in [6, 6.07) is 67.8. The van der Waals surface area contributed by atoms with E-state index >= 15 is 0 Å². The molecule has 0 fully saturated rings. The SMILES string of the molecule is CC1(C)C2=C(CCC=C2)c2ccc(N(c3ccc4c(c3)C(C)(C)c3cccc(-c5ccc(-n6c7ccccc7c7ccccc76)cc5)c3-4)c3ccccc3-c3ccccc3)cc21. The third kappa shape index (κ3) is 5.36. The molecule has 0 aliphatic heterocycles. The van der Waals surface area contributed by atoms with Crippen molar-refractivity contribution >= 4 is 44.4 Å². The Labute approximate surface area is 364 Å². The second kappa shape index (κ2) is 13.7. The van der Waals surface area contributed by atoms with Crippen molar-refractivity contribution in [3.05, 3.63) is 222 Å². The van der Waals surface area contributed by atoms with Crippen LogP contribution in [0.3, 0.4) is 0 Å². The summed E-state index contributed by atoms with van der Waals surface area (Å²) in [5, 5.41) is 2.56.